The minimum Gasteiger partial charge on any atom is -0.468 e. The lowest BCUT2D eigenvalue weighted by molar-refractivity contribution is 0.0833. The number of ether oxygens (including phenoxy) is 2. The fourth-order valence-corrected chi connectivity index (χ4v) is 1.54. The van der Waals surface area contributed by atoms with Crippen LogP contribution in [0.1, 0.15) is 5.56 Å². The molecule has 0 bridgehead atoms. The molecular weight excluding hydrogens is 197 g/mol. The molecular formula is C9H7B4NO2. The lowest BCUT2D eigenvalue weighted by Gasteiger charge is -2.19. The molecule has 2 N–H and O–H groups in total. The number of rotatable bonds is 2. The highest BCUT2D eigenvalue weighted by Gasteiger charge is 2.30. The quantitative estimate of drug-likeness (QED) is 0.622. The molecule has 1 heterocycles. The van der Waals surface area contributed by atoms with Gasteiger partial charge in [-0.2, -0.15) is 0 Å². The fourth-order valence-electron chi connectivity index (χ4n) is 1.54. The van der Waals surface area contributed by atoms with Crippen molar-refractivity contribution in [3.63, 3.8) is 0 Å². The van der Waals surface area contributed by atoms with E-state index in [-0.39, 0.29) is 0 Å². The lowest BCUT2D eigenvalue weighted by atomic mass is 9.60. The van der Waals surface area contributed by atoms with E-state index in [1.54, 1.807) is 18.2 Å². The van der Waals surface area contributed by atoms with Crippen molar-refractivity contribution in [1.29, 1.82) is 0 Å². The van der Waals surface area contributed by atoms with Gasteiger partial charge in [-0.25, -0.2) is 0 Å². The Hall–Kier alpha value is -0.960. The molecule has 8 radical (unpaired) electrons. The van der Waals surface area contributed by atoms with E-state index in [1.807, 2.05) is 0 Å². The molecule has 16 heavy (non-hydrogen) atoms. The number of benzene rings is 1. The lowest BCUT2D eigenvalue weighted by Crippen LogP contribution is -2.43. The second kappa shape index (κ2) is 3.52. The summed E-state index contributed by atoms with van der Waals surface area (Å²) in [6.45, 7) is 0. The van der Waals surface area contributed by atoms with E-state index in [2.05, 4.69) is 0 Å². The Morgan fingerprint density at radius 3 is 2.44 bits per heavy atom. The van der Waals surface area contributed by atoms with Crippen LogP contribution in [-0.2, 0) is 6.42 Å². The Bertz CT molecular complexity index is 416. The standard InChI is InChI=1S/C9H7B4NO2/c10-8(11,14)4-5-1-2-6-7(3-5)16-9(12,13)15-6/h1-3H,4,14H2. The maximum atomic E-state index is 5.50. The first kappa shape index (κ1) is 11.5. The highest BCUT2D eigenvalue weighted by Crippen LogP contribution is 2.37. The average Bonchev–Trinajstić information content (AvgIpc) is 2.34. The molecule has 1 aromatic rings. The van der Waals surface area contributed by atoms with E-state index < -0.39 is 10.9 Å². The Balaban J connectivity index is 2.23. The van der Waals surface area contributed by atoms with E-state index in [9.17, 15) is 0 Å². The summed E-state index contributed by atoms with van der Waals surface area (Å²) in [4.78, 5) is 0. The Labute approximate surface area is 99.7 Å². The van der Waals surface area contributed by atoms with Gasteiger partial charge in [-0.05, 0) is 24.1 Å². The molecule has 0 saturated heterocycles. The average molecular weight is 204 g/mol. The van der Waals surface area contributed by atoms with Gasteiger partial charge >= 0.3 is 0 Å². The van der Waals surface area contributed by atoms with Crippen molar-refractivity contribution < 1.29 is 9.47 Å². The van der Waals surface area contributed by atoms with Crippen LogP contribution in [0, 0.1) is 0 Å². The van der Waals surface area contributed by atoms with Gasteiger partial charge in [-0.15, -0.1) is 0 Å². The van der Waals surface area contributed by atoms with E-state index >= 15 is 0 Å². The van der Waals surface area contributed by atoms with Crippen LogP contribution in [-0.4, -0.2) is 42.3 Å². The minimum absolute atomic E-state index is 0.297. The maximum Gasteiger partial charge on any atom is 0.175 e. The summed E-state index contributed by atoms with van der Waals surface area (Å²) in [6, 6.07) is 5.14. The number of hydrogen-bond donors (Lipinski definition) is 1. The van der Waals surface area contributed by atoms with Crippen molar-refractivity contribution >= 4 is 31.4 Å². The monoisotopic (exact) mass is 205 g/mol. The molecule has 0 spiro atoms. The molecule has 0 fully saturated rings. The third-order valence-corrected chi connectivity index (χ3v) is 2.06. The Kier molecular flexibility index (Phi) is 2.54. The van der Waals surface area contributed by atoms with Crippen molar-refractivity contribution in [3.05, 3.63) is 23.8 Å². The normalized spacial score (nSPS) is 17.3. The van der Waals surface area contributed by atoms with E-state index in [0.29, 0.717) is 17.9 Å². The minimum atomic E-state index is -1.62. The first-order valence-electron chi connectivity index (χ1n) is 4.71. The molecule has 1 aliphatic heterocycles. The van der Waals surface area contributed by atoms with Gasteiger partial charge < -0.3 is 15.2 Å². The fraction of sp³-hybridized carbons (Fsp3) is 0.333. The Morgan fingerprint density at radius 1 is 1.19 bits per heavy atom. The van der Waals surface area contributed by atoms with Gasteiger partial charge in [0.05, 0.1) is 15.7 Å². The number of hydrogen-bond acceptors (Lipinski definition) is 3. The third kappa shape index (κ3) is 2.59. The first-order chi connectivity index (χ1) is 7.25. The van der Waals surface area contributed by atoms with Gasteiger partial charge in [0.1, 0.15) is 0 Å². The number of nitrogens with two attached hydrogens (primary N) is 1. The second-order valence-electron chi connectivity index (χ2n) is 4.00. The van der Waals surface area contributed by atoms with Crippen LogP contribution in [0.5, 0.6) is 11.5 Å². The van der Waals surface area contributed by atoms with Crippen molar-refractivity contribution in [2.75, 3.05) is 0 Å². The Morgan fingerprint density at radius 2 is 1.81 bits per heavy atom. The van der Waals surface area contributed by atoms with Gasteiger partial charge in [-0.3, -0.25) is 0 Å². The molecule has 0 unspecified atom stereocenters. The van der Waals surface area contributed by atoms with Crippen molar-refractivity contribution in [3.8, 4) is 11.5 Å². The molecule has 1 aliphatic rings. The summed E-state index contributed by atoms with van der Waals surface area (Å²) in [5.74, 6) is 0.928. The van der Waals surface area contributed by atoms with Crippen LogP contribution in [0.3, 0.4) is 0 Å². The molecule has 1 aromatic carbocycles. The summed E-state index contributed by atoms with van der Waals surface area (Å²) in [6.07, 6.45) is 0.297. The smallest absolute Gasteiger partial charge is 0.175 e. The molecule has 7 heteroatoms. The molecule has 0 atom stereocenters. The van der Waals surface area contributed by atoms with Gasteiger partial charge in [0.15, 0.2) is 32.8 Å². The molecule has 0 saturated carbocycles. The molecule has 0 aromatic heterocycles. The second-order valence-corrected chi connectivity index (χ2v) is 4.00. The molecule has 3 nitrogen and oxygen atoms in total. The van der Waals surface area contributed by atoms with Gasteiger partial charge in [-0.1, -0.05) is 11.4 Å². The zero-order valence-electron chi connectivity index (χ0n) is 8.64. The highest BCUT2D eigenvalue weighted by atomic mass is 16.7. The van der Waals surface area contributed by atoms with E-state index in [1.165, 1.54) is 0 Å². The number of fused-ring (bicyclic) bond motifs is 1. The predicted octanol–water partition coefficient (Wildman–Crippen LogP) is -1.10. The maximum absolute atomic E-state index is 5.50. The summed E-state index contributed by atoms with van der Waals surface area (Å²) in [5.41, 5.74) is 4.69. The topological polar surface area (TPSA) is 44.5 Å². The molecule has 72 valence electrons. The van der Waals surface area contributed by atoms with Crippen LogP contribution >= 0.6 is 0 Å². The van der Waals surface area contributed by atoms with Crippen LogP contribution < -0.4 is 15.2 Å². The van der Waals surface area contributed by atoms with E-state index in [4.69, 9.17) is 46.6 Å². The van der Waals surface area contributed by atoms with Crippen LogP contribution in [0.2, 0.25) is 0 Å². The van der Waals surface area contributed by atoms with Crippen molar-refractivity contribution in [2.45, 2.75) is 17.3 Å². The summed E-state index contributed by atoms with van der Waals surface area (Å²) < 4.78 is 10.3. The zero-order chi connectivity index (χ0) is 12.0. The summed E-state index contributed by atoms with van der Waals surface area (Å²) in [7, 11) is 21.9. The van der Waals surface area contributed by atoms with Crippen LogP contribution in [0.15, 0.2) is 18.2 Å². The highest BCUT2D eigenvalue weighted by molar-refractivity contribution is 6.40. The van der Waals surface area contributed by atoms with Gasteiger partial charge in [0.25, 0.3) is 0 Å². The van der Waals surface area contributed by atoms with Crippen LogP contribution in [0.25, 0.3) is 0 Å². The largest absolute Gasteiger partial charge is 0.468 e. The van der Waals surface area contributed by atoms with Crippen molar-refractivity contribution in [1.82, 2.24) is 0 Å². The van der Waals surface area contributed by atoms with Crippen molar-refractivity contribution in [2.24, 2.45) is 5.73 Å². The molecule has 0 aliphatic carbocycles. The molecule has 2 rings (SSSR count). The zero-order valence-corrected chi connectivity index (χ0v) is 8.64. The van der Waals surface area contributed by atoms with Crippen LogP contribution in [0.4, 0.5) is 0 Å². The molecule has 0 amide bonds. The van der Waals surface area contributed by atoms with E-state index in [0.717, 1.165) is 5.56 Å². The van der Waals surface area contributed by atoms with Gasteiger partial charge in [0, 0.05) is 0 Å². The summed E-state index contributed by atoms with van der Waals surface area (Å²) in [5, 5.41) is -1.27. The predicted molar refractivity (Wildman–Crippen MR) is 64.1 cm³/mol. The SMILES string of the molecule is [B]C([B])(N)Cc1ccc2c(c1)OC([B])([B])O2. The first-order valence-corrected chi connectivity index (χ1v) is 4.71. The third-order valence-electron chi connectivity index (χ3n) is 2.06. The summed E-state index contributed by atoms with van der Waals surface area (Å²) >= 11 is 0. The van der Waals surface area contributed by atoms with Gasteiger partial charge in [0.2, 0.25) is 0 Å².